The van der Waals surface area contributed by atoms with Crippen LogP contribution in [0.1, 0.15) is 52.3 Å². The van der Waals surface area contributed by atoms with Crippen LogP contribution in [-0.2, 0) is 4.79 Å². The van der Waals surface area contributed by atoms with Crippen LogP contribution in [0.5, 0.6) is 0 Å². The Kier molecular flexibility index (Phi) is 7.73. The van der Waals surface area contributed by atoms with Crippen molar-refractivity contribution in [3.05, 3.63) is 112 Å². The first-order chi connectivity index (χ1) is 18.7. The summed E-state index contributed by atoms with van der Waals surface area (Å²) in [4.78, 5) is 19.8. The molecule has 2 atom stereocenters. The smallest absolute Gasteiger partial charge is 0.226 e. The van der Waals surface area contributed by atoms with Crippen molar-refractivity contribution in [3.8, 4) is 5.69 Å². The van der Waals surface area contributed by atoms with Crippen molar-refractivity contribution in [3.63, 3.8) is 0 Å². The first-order valence-corrected chi connectivity index (χ1v) is 13.8. The third-order valence-electron chi connectivity index (χ3n) is 7.40. The molecule has 0 spiro atoms. The number of hydrogen-bond donors (Lipinski definition) is 2. The lowest BCUT2D eigenvalue weighted by Gasteiger charge is -2.28. The van der Waals surface area contributed by atoms with E-state index < -0.39 is 0 Å². The number of carbonyl (C=O) groups is 1. The molecule has 1 saturated heterocycles. The maximum absolute atomic E-state index is 13.0. The number of hydrogen-bond acceptors (Lipinski definition) is 3. The molecule has 1 amide bonds. The van der Waals surface area contributed by atoms with Crippen LogP contribution in [0.3, 0.4) is 0 Å². The van der Waals surface area contributed by atoms with E-state index in [1.807, 2.05) is 67.6 Å². The Morgan fingerprint density at radius 2 is 1.79 bits per heavy atom. The molecule has 3 heterocycles. The highest BCUT2D eigenvalue weighted by molar-refractivity contribution is 7.80. The van der Waals surface area contributed by atoms with Crippen LogP contribution in [0.25, 0.3) is 5.69 Å². The van der Waals surface area contributed by atoms with Crippen molar-refractivity contribution >= 4 is 40.5 Å². The van der Waals surface area contributed by atoms with E-state index in [1.165, 1.54) is 0 Å². The van der Waals surface area contributed by atoms with Gasteiger partial charge in [0.15, 0.2) is 5.11 Å². The second-order valence-corrected chi connectivity index (χ2v) is 10.8. The number of benzene rings is 2. The molecule has 0 saturated carbocycles. The topological polar surface area (TPSA) is 62.2 Å². The number of halogens is 1. The molecule has 1 aliphatic heterocycles. The van der Waals surface area contributed by atoms with E-state index in [0.717, 1.165) is 45.1 Å². The molecule has 8 heteroatoms. The highest BCUT2D eigenvalue weighted by Crippen LogP contribution is 2.41. The summed E-state index contributed by atoms with van der Waals surface area (Å²) in [5, 5.41) is 7.86. The molecular weight excluding hydrogens is 526 g/mol. The molecule has 6 nitrogen and oxygen atoms in total. The van der Waals surface area contributed by atoms with Gasteiger partial charge in [-0.2, -0.15) is 0 Å². The summed E-state index contributed by atoms with van der Waals surface area (Å²) < 4.78 is 2.25. The van der Waals surface area contributed by atoms with E-state index in [2.05, 4.69) is 51.9 Å². The Morgan fingerprint density at radius 1 is 1.03 bits per heavy atom. The van der Waals surface area contributed by atoms with Gasteiger partial charge >= 0.3 is 0 Å². The largest absolute Gasteiger partial charge is 0.352 e. The SMILES string of the molecule is Cc1ccccc1NC(=O)CCN1C(=S)NC(c2ccccn2)C1c1cc(C)n(-c2cc(Cl)ccc2C)c1C. The number of para-hydroxylation sites is 1. The second-order valence-electron chi connectivity index (χ2n) is 10.0. The predicted octanol–water partition coefficient (Wildman–Crippen LogP) is 6.76. The minimum atomic E-state index is -0.160. The van der Waals surface area contributed by atoms with Gasteiger partial charge < -0.3 is 20.1 Å². The summed E-state index contributed by atoms with van der Waals surface area (Å²) >= 11 is 12.2. The van der Waals surface area contributed by atoms with Crippen molar-refractivity contribution in [1.82, 2.24) is 19.8 Å². The fraction of sp³-hybridized carbons (Fsp3) is 0.258. The number of anilines is 1. The molecular formula is C31H32ClN5OS. The molecule has 1 aliphatic rings. The Labute approximate surface area is 240 Å². The molecule has 4 aromatic rings. The molecule has 2 N–H and O–H groups in total. The van der Waals surface area contributed by atoms with E-state index >= 15 is 0 Å². The van der Waals surface area contributed by atoms with Crippen LogP contribution in [-0.4, -0.2) is 32.0 Å². The number of amides is 1. The minimum Gasteiger partial charge on any atom is -0.352 e. The predicted molar refractivity (Wildman–Crippen MR) is 162 cm³/mol. The van der Waals surface area contributed by atoms with Gasteiger partial charge in [0, 0.05) is 46.9 Å². The Balaban J connectivity index is 1.50. The van der Waals surface area contributed by atoms with Crippen molar-refractivity contribution in [2.75, 3.05) is 11.9 Å². The van der Waals surface area contributed by atoms with Gasteiger partial charge in [0.1, 0.15) is 0 Å². The average molecular weight is 558 g/mol. The Bertz CT molecular complexity index is 1530. The number of pyridine rings is 1. The van der Waals surface area contributed by atoms with E-state index in [1.54, 1.807) is 6.20 Å². The van der Waals surface area contributed by atoms with Crippen molar-refractivity contribution < 1.29 is 4.79 Å². The molecule has 39 heavy (non-hydrogen) atoms. The molecule has 5 rings (SSSR count). The number of rotatable bonds is 7. The van der Waals surface area contributed by atoms with Gasteiger partial charge in [-0.1, -0.05) is 41.9 Å². The summed E-state index contributed by atoms with van der Waals surface area (Å²) in [7, 11) is 0. The third-order valence-corrected chi connectivity index (χ3v) is 7.99. The zero-order valence-electron chi connectivity index (χ0n) is 22.5. The third kappa shape index (κ3) is 5.42. The number of thiocarbonyl (C=S) groups is 1. The Morgan fingerprint density at radius 3 is 2.54 bits per heavy atom. The number of aromatic nitrogens is 2. The first-order valence-electron chi connectivity index (χ1n) is 13.0. The van der Waals surface area contributed by atoms with Crippen LogP contribution in [0.4, 0.5) is 5.69 Å². The molecule has 2 unspecified atom stereocenters. The number of nitrogens with zero attached hydrogens (tertiary/aromatic N) is 3. The van der Waals surface area contributed by atoms with Crippen molar-refractivity contribution in [2.24, 2.45) is 0 Å². The van der Waals surface area contributed by atoms with Gasteiger partial charge in [-0.25, -0.2) is 0 Å². The van der Waals surface area contributed by atoms with Crippen LogP contribution >= 0.6 is 23.8 Å². The molecule has 0 radical (unpaired) electrons. The lowest BCUT2D eigenvalue weighted by atomic mass is 9.96. The molecule has 200 valence electrons. The van der Waals surface area contributed by atoms with Crippen LogP contribution in [0.2, 0.25) is 5.02 Å². The van der Waals surface area contributed by atoms with Crippen molar-refractivity contribution in [1.29, 1.82) is 0 Å². The number of carbonyl (C=O) groups excluding carboxylic acids is 1. The minimum absolute atomic E-state index is 0.0489. The molecule has 0 bridgehead atoms. The fourth-order valence-corrected chi connectivity index (χ4v) is 5.91. The van der Waals surface area contributed by atoms with Crippen LogP contribution in [0.15, 0.2) is 72.9 Å². The maximum Gasteiger partial charge on any atom is 0.226 e. The van der Waals surface area contributed by atoms with Crippen LogP contribution in [0, 0.1) is 27.7 Å². The summed E-state index contributed by atoms with van der Waals surface area (Å²) in [6, 6.07) is 21.6. The zero-order chi connectivity index (χ0) is 27.7. The van der Waals surface area contributed by atoms with E-state index in [-0.39, 0.29) is 18.0 Å². The zero-order valence-corrected chi connectivity index (χ0v) is 24.1. The lowest BCUT2D eigenvalue weighted by molar-refractivity contribution is -0.116. The summed E-state index contributed by atoms with van der Waals surface area (Å²) in [5.74, 6) is -0.0489. The first kappa shape index (κ1) is 26.9. The summed E-state index contributed by atoms with van der Waals surface area (Å²) in [6.45, 7) is 8.78. The second kappa shape index (κ2) is 11.2. The summed E-state index contributed by atoms with van der Waals surface area (Å²) in [5.41, 5.74) is 8.28. The quantitative estimate of drug-likeness (QED) is 0.246. The van der Waals surface area contributed by atoms with Gasteiger partial charge in [0.25, 0.3) is 0 Å². The standard InChI is InChI=1S/C31H32ClN5OS/c1-19-9-5-6-10-25(19)34-28(38)14-16-36-30(29(35-31(36)39)26-11-7-8-15-33-26)24-17-21(3)37(22(24)4)27-18-23(32)13-12-20(27)2/h5-13,15,17-18,29-30H,14,16H2,1-4H3,(H,34,38)(H,35,39). The molecule has 2 aromatic carbocycles. The number of aryl methyl sites for hydroxylation is 3. The maximum atomic E-state index is 13.0. The van der Waals surface area contributed by atoms with E-state index in [4.69, 9.17) is 23.8 Å². The fourth-order valence-electron chi connectivity index (χ4n) is 5.41. The summed E-state index contributed by atoms with van der Waals surface area (Å²) in [6.07, 6.45) is 2.10. The van der Waals surface area contributed by atoms with Crippen molar-refractivity contribution in [2.45, 2.75) is 46.2 Å². The van der Waals surface area contributed by atoms with Gasteiger partial charge in [-0.05, 0) is 93.0 Å². The highest BCUT2D eigenvalue weighted by Gasteiger charge is 2.41. The van der Waals surface area contributed by atoms with E-state index in [0.29, 0.717) is 23.1 Å². The average Bonchev–Trinajstić information content (AvgIpc) is 3.40. The normalized spacial score (nSPS) is 16.8. The monoisotopic (exact) mass is 557 g/mol. The van der Waals surface area contributed by atoms with Gasteiger partial charge in [-0.3, -0.25) is 9.78 Å². The number of nitrogens with one attached hydrogen (secondary N) is 2. The molecule has 0 aliphatic carbocycles. The van der Waals surface area contributed by atoms with E-state index in [9.17, 15) is 4.79 Å². The highest BCUT2D eigenvalue weighted by atomic mass is 35.5. The Hall–Kier alpha value is -3.68. The molecule has 1 fully saturated rings. The van der Waals surface area contributed by atoms with Crippen LogP contribution < -0.4 is 10.6 Å². The lowest BCUT2D eigenvalue weighted by Crippen LogP contribution is -2.33. The van der Waals surface area contributed by atoms with Gasteiger partial charge in [-0.15, -0.1) is 0 Å². The van der Waals surface area contributed by atoms with Gasteiger partial charge in [0.05, 0.1) is 17.8 Å². The van der Waals surface area contributed by atoms with Gasteiger partial charge in [0.2, 0.25) is 5.91 Å². The molecule has 2 aromatic heterocycles.